The second-order valence-corrected chi connectivity index (χ2v) is 6.11. The number of rotatable bonds is 6. The van der Waals surface area contributed by atoms with E-state index in [1.807, 2.05) is 13.0 Å². The Kier molecular flexibility index (Phi) is 4.46. The van der Waals surface area contributed by atoms with Crippen molar-refractivity contribution >= 4 is 15.7 Å². The lowest BCUT2D eigenvalue weighted by Gasteiger charge is -2.16. The molecule has 0 saturated carbocycles. The van der Waals surface area contributed by atoms with Gasteiger partial charge in [-0.2, -0.15) is 0 Å². The highest BCUT2D eigenvalue weighted by Gasteiger charge is 2.18. The zero-order valence-electron chi connectivity index (χ0n) is 11.5. The minimum absolute atomic E-state index is 0.122. The third-order valence-electron chi connectivity index (χ3n) is 2.85. The molecular weight excluding hydrogens is 276 g/mol. The van der Waals surface area contributed by atoms with E-state index in [0.29, 0.717) is 12.2 Å². The van der Waals surface area contributed by atoms with Gasteiger partial charge in [0.2, 0.25) is 10.0 Å². The smallest absolute Gasteiger partial charge is 0.242 e. The van der Waals surface area contributed by atoms with Gasteiger partial charge < -0.3 is 9.73 Å². The summed E-state index contributed by atoms with van der Waals surface area (Å²) < 4.78 is 32.1. The maximum atomic E-state index is 12.1. The largest absolute Gasteiger partial charge is 0.467 e. The molecule has 1 heterocycles. The number of hydrogen-bond donors (Lipinski definition) is 2. The molecule has 0 aliphatic rings. The molecular formula is C14H18N2O3S. The van der Waals surface area contributed by atoms with Crippen molar-refractivity contribution in [2.75, 3.05) is 11.9 Å². The normalized spacial score (nSPS) is 13.1. The number of anilines is 1. The van der Waals surface area contributed by atoms with E-state index in [9.17, 15) is 8.42 Å². The number of hydrogen-bond acceptors (Lipinski definition) is 4. The first-order chi connectivity index (χ1) is 9.54. The Morgan fingerprint density at radius 1 is 1.20 bits per heavy atom. The van der Waals surface area contributed by atoms with Gasteiger partial charge >= 0.3 is 0 Å². The first kappa shape index (κ1) is 14.6. The van der Waals surface area contributed by atoms with Crippen LogP contribution in [-0.4, -0.2) is 15.0 Å². The summed E-state index contributed by atoms with van der Waals surface area (Å²) in [5, 5.41) is 3.16. The summed E-state index contributed by atoms with van der Waals surface area (Å²) in [6.07, 6.45) is 1.59. The van der Waals surface area contributed by atoms with Crippen LogP contribution in [-0.2, 0) is 10.0 Å². The van der Waals surface area contributed by atoms with Gasteiger partial charge in [-0.05, 0) is 31.2 Å². The predicted octanol–water partition coefficient (Wildman–Crippen LogP) is 2.75. The van der Waals surface area contributed by atoms with Crippen molar-refractivity contribution in [2.45, 2.75) is 24.8 Å². The molecule has 0 spiro atoms. The van der Waals surface area contributed by atoms with Crippen LogP contribution in [0.15, 0.2) is 52.0 Å². The molecule has 6 heteroatoms. The van der Waals surface area contributed by atoms with E-state index < -0.39 is 10.0 Å². The Morgan fingerprint density at radius 3 is 2.60 bits per heavy atom. The van der Waals surface area contributed by atoms with Gasteiger partial charge in [0.1, 0.15) is 10.7 Å². The molecule has 1 atom stereocenters. The van der Waals surface area contributed by atoms with Crippen LogP contribution in [0, 0.1) is 0 Å². The van der Waals surface area contributed by atoms with E-state index in [1.54, 1.807) is 43.5 Å². The van der Waals surface area contributed by atoms with Gasteiger partial charge in [0.25, 0.3) is 0 Å². The van der Waals surface area contributed by atoms with Gasteiger partial charge in [-0.15, -0.1) is 0 Å². The number of benzene rings is 1. The third-order valence-corrected chi connectivity index (χ3v) is 4.46. The van der Waals surface area contributed by atoms with Crippen LogP contribution >= 0.6 is 0 Å². The van der Waals surface area contributed by atoms with E-state index in [2.05, 4.69) is 10.0 Å². The van der Waals surface area contributed by atoms with Crippen molar-refractivity contribution in [1.82, 2.24) is 4.72 Å². The van der Waals surface area contributed by atoms with Crippen LogP contribution in [0.4, 0.5) is 5.69 Å². The maximum absolute atomic E-state index is 12.1. The molecule has 108 valence electrons. The highest BCUT2D eigenvalue weighted by molar-refractivity contribution is 7.89. The van der Waals surface area contributed by atoms with Crippen LogP contribution in [0.1, 0.15) is 25.6 Å². The fraction of sp³-hybridized carbons (Fsp3) is 0.286. The second-order valence-electron chi connectivity index (χ2n) is 4.38. The van der Waals surface area contributed by atoms with Crippen LogP contribution in [0.25, 0.3) is 0 Å². The lowest BCUT2D eigenvalue weighted by Crippen LogP contribution is -2.24. The molecule has 5 nitrogen and oxygen atoms in total. The summed E-state index contributed by atoms with van der Waals surface area (Å²) in [7, 11) is -3.50. The fourth-order valence-electron chi connectivity index (χ4n) is 1.93. The van der Waals surface area contributed by atoms with Crippen molar-refractivity contribution in [3.8, 4) is 0 Å². The van der Waals surface area contributed by atoms with Gasteiger partial charge in [0.05, 0.1) is 18.0 Å². The molecule has 1 aromatic heterocycles. The first-order valence-corrected chi connectivity index (χ1v) is 7.91. The predicted molar refractivity (Wildman–Crippen MR) is 78.1 cm³/mol. The number of furan rings is 1. The minimum atomic E-state index is -3.50. The first-order valence-electron chi connectivity index (χ1n) is 6.43. The molecule has 20 heavy (non-hydrogen) atoms. The summed E-state index contributed by atoms with van der Waals surface area (Å²) in [6.45, 7) is 4.01. The number of sulfonamides is 1. The molecule has 1 aromatic carbocycles. The lowest BCUT2D eigenvalue weighted by molar-refractivity contribution is 0.490. The quantitative estimate of drug-likeness (QED) is 0.859. The molecule has 2 aromatic rings. The summed E-state index contributed by atoms with van der Waals surface area (Å²) in [6, 6.07) is 10.3. The molecule has 0 bridgehead atoms. The standard InChI is InChI=1S/C14H18N2O3S/c1-3-15-20(17,18)14-9-5-4-7-12(14)16-11(2)13-8-6-10-19-13/h4-11,15-16H,3H2,1-2H3. The second kappa shape index (κ2) is 6.11. The molecule has 2 rings (SSSR count). The summed E-state index contributed by atoms with van der Waals surface area (Å²) >= 11 is 0. The minimum Gasteiger partial charge on any atom is -0.467 e. The Morgan fingerprint density at radius 2 is 1.95 bits per heavy atom. The van der Waals surface area contributed by atoms with Crippen molar-refractivity contribution in [2.24, 2.45) is 0 Å². The highest BCUT2D eigenvalue weighted by atomic mass is 32.2. The Bertz CT molecular complexity index is 651. The van der Waals surface area contributed by atoms with Crippen LogP contribution in [0.5, 0.6) is 0 Å². The van der Waals surface area contributed by atoms with Crippen molar-refractivity contribution in [3.63, 3.8) is 0 Å². The average molecular weight is 294 g/mol. The van der Waals surface area contributed by atoms with Gasteiger partial charge in [-0.1, -0.05) is 19.1 Å². The van der Waals surface area contributed by atoms with Crippen molar-refractivity contribution in [1.29, 1.82) is 0 Å². The van der Waals surface area contributed by atoms with Gasteiger partial charge in [-0.3, -0.25) is 0 Å². The van der Waals surface area contributed by atoms with E-state index in [1.165, 1.54) is 0 Å². The molecule has 0 radical (unpaired) electrons. The number of nitrogens with one attached hydrogen (secondary N) is 2. The third kappa shape index (κ3) is 3.20. The molecule has 0 saturated heterocycles. The molecule has 2 N–H and O–H groups in total. The van der Waals surface area contributed by atoms with Crippen molar-refractivity contribution < 1.29 is 12.8 Å². The molecule has 0 amide bonds. The zero-order valence-corrected chi connectivity index (χ0v) is 12.3. The summed E-state index contributed by atoms with van der Waals surface area (Å²) in [4.78, 5) is 0.236. The lowest BCUT2D eigenvalue weighted by atomic mass is 10.2. The molecule has 0 aliphatic heterocycles. The Hall–Kier alpha value is -1.79. The fourth-order valence-corrected chi connectivity index (χ4v) is 3.14. The maximum Gasteiger partial charge on any atom is 0.242 e. The Labute approximate surface area is 119 Å². The average Bonchev–Trinajstić information content (AvgIpc) is 2.93. The van der Waals surface area contributed by atoms with Crippen LogP contribution < -0.4 is 10.0 Å². The van der Waals surface area contributed by atoms with Gasteiger partial charge in [0.15, 0.2) is 0 Å². The zero-order chi connectivity index (χ0) is 14.6. The van der Waals surface area contributed by atoms with Crippen LogP contribution in [0.2, 0.25) is 0 Å². The van der Waals surface area contributed by atoms with E-state index in [0.717, 1.165) is 5.76 Å². The number of para-hydroxylation sites is 1. The van der Waals surface area contributed by atoms with E-state index in [-0.39, 0.29) is 10.9 Å². The molecule has 0 aliphatic carbocycles. The molecule has 1 unspecified atom stereocenters. The Balaban J connectivity index is 2.29. The highest BCUT2D eigenvalue weighted by Crippen LogP contribution is 2.25. The van der Waals surface area contributed by atoms with E-state index in [4.69, 9.17) is 4.42 Å². The van der Waals surface area contributed by atoms with Gasteiger partial charge in [0, 0.05) is 6.54 Å². The van der Waals surface area contributed by atoms with Gasteiger partial charge in [-0.25, -0.2) is 13.1 Å². The summed E-state index contributed by atoms with van der Waals surface area (Å²) in [5.74, 6) is 0.751. The topological polar surface area (TPSA) is 71.3 Å². The summed E-state index contributed by atoms with van der Waals surface area (Å²) in [5.41, 5.74) is 0.553. The SMILES string of the molecule is CCNS(=O)(=O)c1ccccc1NC(C)c1ccco1. The van der Waals surface area contributed by atoms with E-state index >= 15 is 0 Å². The monoisotopic (exact) mass is 294 g/mol. The van der Waals surface area contributed by atoms with Crippen LogP contribution in [0.3, 0.4) is 0 Å². The molecule has 0 fully saturated rings. The van der Waals surface area contributed by atoms with Crippen molar-refractivity contribution in [3.05, 3.63) is 48.4 Å².